The number of thioether (sulfide) groups is 1. The number of ether oxygens (including phenoxy) is 1. The first-order valence-corrected chi connectivity index (χ1v) is 11.2. The molecule has 3 aromatic rings. The molecule has 2 heterocycles. The molecule has 4 rings (SSSR count). The highest BCUT2D eigenvalue weighted by Crippen LogP contribution is 2.32. The summed E-state index contributed by atoms with van der Waals surface area (Å²) in [7, 11) is 0. The fourth-order valence-corrected chi connectivity index (χ4v) is 4.56. The highest BCUT2D eigenvalue weighted by molar-refractivity contribution is 8.14. The van der Waals surface area contributed by atoms with Gasteiger partial charge in [0.25, 0.3) is 5.24 Å². The molecule has 7 nitrogen and oxygen atoms in total. The first-order chi connectivity index (χ1) is 15.0. The lowest BCUT2D eigenvalue weighted by Crippen LogP contribution is -2.38. The van der Waals surface area contributed by atoms with Crippen LogP contribution in [0, 0.1) is 5.92 Å². The number of hydrogen-bond donors (Lipinski definition) is 1. The Bertz CT molecular complexity index is 1030. The quantitative estimate of drug-likeness (QED) is 0.522. The molecule has 2 atom stereocenters. The lowest BCUT2D eigenvalue weighted by Gasteiger charge is -2.25. The zero-order chi connectivity index (χ0) is 21.8. The van der Waals surface area contributed by atoms with Crippen LogP contribution in [0.5, 0.6) is 11.5 Å². The van der Waals surface area contributed by atoms with Crippen LogP contribution in [0.15, 0.2) is 60.9 Å². The summed E-state index contributed by atoms with van der Waals surface area (Å²) < 4.78 is 5.85. The van der Waals surface area contributed by atoms with Crippen molar-refractivity contribution >= 4 is 28.9 Å². The number of nitrogens with one attached hydrogen (secondary N) is 1. The molecule has 0 aliphatic carbocycles. The Labute approximate surface area is 186 Å². The van der Waals surface area contributed by atoms with E-state index >= 15 is 0 Å². The molecule has 31 heavy (non-hydrogen) atoms. The molecular weight excluding hydrogens is 410 g/mol. The monoisotopic (exact) mass is 435 g/mol. The number of carbonyl (C=O) groups is 1. The number of hydrogen-bond acceptors (Lipinski definition) is 7. The van der Waals surface area contributed by atoms with Crippen molar-refractivity contribution in [2.75, 3.05) is 16.0 Å². The molecule has 0 bridgehead atoms. The molecule has 2 aromatic carbocycles. The Morgan fingerprint density at radius 3 is 2.45 bits per heavy atom. The van der Waals surface area contributed by atoms with Crippen LogP contribution < -0.4 is 15.0 Å². The predicted octanol–water partition coefficient (Wildman–Crippen LogP) is 5.53. The van der Waals surface area contributed by atoms with Gasteiger partial charge in [0.1, 0.15) is 17.8 Å². The van der Waals surface area contributed by atoms with E-state index in [1.807, 2.05) is 61.5 Å². The van der Waals surface area contributed by atoms with E-state index in [0.717, 1.165) is 22.8 Å². The molecule has 1 aliphatic heterocycles. The van der Waals surface area contributed by atoms with Gasteiger partial charge in [-0.2, -0.15) is 4.98 Å². The average Bonchev–Trinajstić information content (AvgIpc) is 3.17. The number of para-hydroxylation sites is 1. The van der Waals surface area contributed by atoms with Crippen molar-refractivity contribution in [1.29, 1.82) is 0 Å². The molecule has 1 aromatic heterocycles. The zero-order valence-electron chi connectivity index (χ0n) is 17.7. The van der Waals surface area contributed by atoms with E-state index in [1.165, 1.54) is 18.1 Å². The standard InChI is InChI=1S/C23H25N5O2S/c1-15(2)20-13-31-23(29)28(20)22-25-14-24-21(27-22)26-16(3)17-9-11-19(12-10-17)30-18-7-5-4-6-8-18/h4-12,14-16,20H,13H2,1-3H3,(H,24,25,26,27)/t16-,20?/m0/s1. The SMILES string of the molecule is CC(C)C1CSC(=O)N1c1ncnc(N[C@@H](C)c2ccc(Oc3ccccc3)cc2)n1. The fraction of sp³-hybridized carbons (Fsp3) is 0.304. The Kier molecular flexibility index (Phi) is 6.36. The van der Waals surface area contributed by atoms with Crippen LogP contribution in [-0.4, -0.2) is 32.0 Å². The van der Waals surface area contributed by atoms with Crippen LogP contribution in [-0.2, 0) is 0 Å². The summed E-state index contributed by atoms with van der Waals surface area (Å²) in [4.78, 5) is 27.0. The van der Waals surface area contributed by atoms with Crippen LogP contribution >= 0.6 is 11.8 Å². The number of amides is 1. The first-order valence-electron chi connectivity index (χ1n) is 10.3. The lowest BCUT2D eigenvalue weighted by atomic mass is 10.1. The smallest absolute Gasteiger partial charge is 0.288 e. The summed E-state index contributed by atoms with van der Waals surface area (Å²) in [5, 5.41) is 3.29. The van der Waals surface area contributed by atoms with Gasteiger partial charge in [0.15, 0.2) is 0 Å². The van der Waals surface area contributed by atoms with Gasteiger partial charge in [-0.25, -0.2) is 9.97 Å². The normalized spacial score (nSPS) is 17.1. The second kappa shape index (κ2) is 9.34. The number of nitrogens with zero attached hydrogens (tertiary/aromatic N) is 4. The topological polar surface area (TPSA) is 80.2 Å². The van der Waals surface area contributed by atoms with Crippen LogP contribution in [0.2, 0.25) is 0 Å². The van der Waals surface area contributed by atoms with E-state index in [1.54, 1.807) is 4.90 Å². The van der Waals surface area contributed by atoms with E-state index in [0.29, 0.717) is 17.8 Å². The second-order valence-electron chi connectivity index (χ2n) is 7.72. The third-order valence-corrected chi connectivity index (χ3v) is 6.11. The van der Waals surface area contributed by atoms with Crippen molar-refractivity contribution in [3.8, 4) is 11.5 Å². The number of aromatic nitrogens is 3. The van der Waals surface area contributed by atoms with Crippen molar-refractivity contribution in [2.24, 2.45) is 5.92 Å². The van der Waals surface area contributed by atoms with Gasteiger partial charge < -0.3 is 10.1 Å². The predicted molar refractivity (Wildman–Crippen MR) is 124 cm³/mol. The minimum absolute atomic E-state index is 0.0158. The molecule has 0 spiro atoms. The summed E-state index contributed by atoms with van der Waals surface area (Å²) in [5.74, 6) is 3.48. The van der Waals surface area contributed by atoms with Gasteiger partial charge in [-0.3, -0.25) is 9.69 Å². The average molecular weight is 436 g/mol. The summed E-state index contributed by atoms with van der Waals surface area (Å²) in [6.07, 6.45) is 1.45. The summed E-state index contributed by atoms with van der Waals surface area (Å²) in [5.41, 5.74) is 1.07. The zero-order valence-corrected chi connectivity index (χ0v) is 18.5. The van der Waals surface area contributed by atoms with Crippen molar-refractivity contribution in [2.45, 2.75) is 32.9 Å². The summed E-state index contributed by atoms with van der Waals surface area (Å²) in [6, 6.07) is 17.6. The molecule has 1 fully saturated rings. The van der Waals surface area contributed by atoms with Gasteiger partial charge >= 0.3 is 0 Å². The number of benzene rings is 2. The van der Waals surface area contributed by atoms with E-state index in [9.17, 15) is 4.79 Å². The third kappa shape index (κ3) is 4.96. The van der Waals surface area contributed by atoms with Gasteiger partial charge in [-0.15, -0.1) is 0 Å². The van der Waals surface area contributed by atoms with E-state index in [4.69, 9.17) is 4.74 Å². The summed E-state index contributed by atoms with van der Waals surface area (Å²) >= 11 is 1.31. The minimum Gasteiger partial charge on any atom is -0.457 e. The first kappa shape index (κ1) is 21.1. The molecule has 1 saturated heterocycles. The molecule has 1 unspecified atom stereocenters. The van der Waals surface area contributed by atoms with E-state index < -0.39 is 0 Å². The van der Waals surface area contributed by atoms with Gasteiger partial charge in [-0.05, 0) is 42.7 Å². The van der Waals surface area contributed by atoms with Crippen molar-refractivity contribution in [3.63, 3.8) is 0 Å². The van der Waals surface area contributed by atoms with E-state index in [-0.39, 0.29) is 17.3 Å². The third-order valence-electron chi connectivity index (χ3n) is 5.15. The maximum absolute atomic E-state index is 12.4. The van der Waals surface area contributed by atoms with Gasteiger partial charge in [0, 0.05) is 5.75 Å². The fourth-order valence-electron chi connectivity index (χ4n) is 3.36. The molecule has 0 saturated carbocycles. The van der Waals surface area contributed by atoms with Crippen molar-refractivity contribution in [1.82, 2.24) is 15.0 Å². The van der Waals surface area contributed by atoms with Gasteiger partial charge in [0.05, 0.1) is 12.1 Å². The minimum atomic E-state index is -0.0365. The summed E-state index contributed by atoms with van der Waals surface area (Å²) in [6.45, 7) is 6.24. The maximum atomic E-state index is 12.4. The number of carbonyl (C=O) groups excluding carboxylic acids is 1. The molecule has 1 N–H and O–H groups in total. The lowest BCUT2D eigenvalue weighted by molar-refractivity contribution is 0.263. The van der Waals surface area contributed by atoms with Gasteiger partial charge in [-0.1, -0.05) is 55.9 Å². The molecule has 1 aliphatic rings. The van der Waals surface area contributed by atoms with Gasteiger partial charge in [0.2, 0.25) is 11.9 Å². The Morgan fingerprint density at radius 1 is 1.03 bits per heavy atom. The number of anilines is 2. The molecule has 8 heteroatoms. The molecular formula is C23H25N5O2S. The van der Waals surface area contributed by atoms with Crippen LogP contribution in [0.1, 0.15) is 32.4 Å². The highest BCUT2D eigenvalue weighted by atomic mass is 32.2. The Morgan fingerprint density at radius 2 is 1.74 bits per heavy atom. The van der Waals surface area contributed by atoms with Crippen LogP contribution in [0.3, 0.4) is 0 Å². The highest BCUT2D eigenvalue weighted by Gasteiger charge is 2.36. The Balaban J connectivity index is 1.44. The second-order valence-corrected chi connectivity index (χ2v) is 8.69. The largest absolute Gasteiger partial charge is 0.457 e. The van der Waals surface area contributed by atoms with Crippen LogP contribution in [0.4, 0.5) is 16.7 Å². The van der Waals surface area contributed by atoms with E-state index in [2.05, 4.69) is 34.1 Å². The van der Waals surface area contributed by atoms with Crippen LogP contribution in [0.25, 0.3) is 0 Å². The number of rotatable bonds is 7. The Hall–Kier alpha value is -3.13. The maximum Gasteiger partial charge on any atom is 0.288 e. The molecule has 0 radical (unpaired) electrons. The molecule has 160 valence electrons. The van der Waals surface area contributed by atoms with Crippen molar-refractivity contribution < 1.29 is 9.53 Å². The van der Waals surface area contributed by atoms with Crippen molar-refractivity contribution in [3.05, 3.63) is 66.5 Å². The molecule has 1 amide bonds.